The minimum absolute atomic E-state index is 0.119. The number of piperidine rings is 1. The van der Waals surface area contributed by atoms with Crippen molar-refractivity contribution in [2.75, 3.05) is 27.2 Å². The zero-order chi connectivity index (χ0) is 15.6. The first-order valence-electron chi connectivity index (χ1n) is 6.83. The molecular formula is C14H19N3O4. The highest BCUT2D eigenvalue weighted by atomic mass is 16.6. The Morgan fingerprint density at radius 1 is 1.52 bits per heavy atom. The lowest BCUT2D eigenvalue weighted by atomic mass is 10.0. The predicted octanol–water partition coefficient (Wildman–Crippen LogP) is 1.47. The van der Waals surface area contributed by atoms with Crippen LogP contribution < -0.4 is 0 Å². The molecule has 1 heterocycles. The standard InChI is InChI=1S/C14H19N3O4/c1-15-7-3-4-11(9-15)16(2)14(19)10-5-6-12(17(20)21)13(18)8-10/h5-6,8,11,18H,3-4,7,9H2,1-2H3. The van der Waals surface area contributed by atoms with Gasteiger partial charge >= 0.3 is 5.69 Å². The van der Waals surface area contributed by atoms with Gasteiger partial charge in [-0.25, -0.2) is 0 Å². The summed E-state index contributed by atoms with van der Waals surface area (Å²) >= 11 is 0. The third kappa shape index (κ3) is 3.30. The smallest absolute Gasteiger partial charge is 0.310 e. The van der Waals surface area contributed by atoms with E-state index in [4.69, 9.17) is 0 Å². The monoisotopic (exact) mass is 293 g/mol. The average molecular weight is 293 g/mol. The summed E-state index contributed by atoms with van der Waals surface area (Å²) in [4.78, 5) is 26.2. The van der Waals surface area contributed by atoms with Gasteiger partial charge in [-0.05, 0) is 38.6 Å². The van der Waals surface area contributed by atoms with Crippen LogP contribution in [0, 0.1) is 10.1 Å². The Morgan fingerprint density at radius 2 is 2.24 bits per heavy atom. The molecule has 1 amide bonds. The van der Waals surface area contributed by atoms with E-state index in [-0.39, 0.29) is 17.5 Å². The molecule has 1 saturated heterocycles. The molecule has 0 saturated carbocycles. The van der Waals surface area contributed by atoms with E-state index < -0.39 is 16.4 Å². The minimum atomic E-state index is -0.677. The molecule has 0 bridgehead atoms. The molecule has 1 aliphatic heterocycles. The number of nitrogens with zero attached hydrogens (tertiary/aromatic N) is 3. The van der Waals surface area contributed by atoms with Gasteiger partial charge in [-0.2, -0.15) is 0 Å². The number of amides is 1. The number of phenolic OH excluding ortho intramolecular Hbond substituents is 1. The number of phenols is 1. The van der Waals surface area contributed by atoms with E-state index in [2.05, 4.69) is 4.90 Å². The second kappa shape index (κ2) is 6.09. The number of nitro groups is 1. The number of hydrogen-bond donors (Lipinski definition) is 1. The van der Waals surface area contributed by atoms with E-state index in [0.29, 0.717) is 0 Å². The van der Waals surface area contributed by atoms with Gasteiger partial charge in [0.2, 0.25) is 0 Å². The summed E-state index contributed by atoms with van der Waals surface area (Å²) in [7, 11) is 3.74. The Morgan fingerprint density at radius 3 is 2.81 bits per heavy atom. The highest BCUT2D eigenvalue weighted by Gasteiger charge is 2.26. The normalized spacial score (nSPS) is 19.2. The van der Waals surface area contributed by atoms with Crippen molar-refractivity contribution in [3.05, 3.63) is 33.9 Å². The third-order valence-corrected chi connectivity index (χ3v) is 3.89. The van der Waals surface area contributed by atoms with Gasteiger partial charge in [0, 0.05) is 31.3 Å². The number of aromatic hydroxyl groups is 1. The molecule has 21 heavy (non-hydrogen) atoms. The topological polar surface area (TPSA) is 86.9 Å². The van der Waals surface area contributed by atoms with Crippen LogP contribution in [0.3, 0.4) is 0 Å². The zero-order valence-corrected chi connectivity index (χ0v) is 12.2. The molecule has 7 heteroatoms. The number of carbonyl (C=O) groups excluding carboxylic acids is 1. The summed E-state index contributed by atoms with van der Waals surface area (Å²) in [6.45, 7) is 1.83. The summed E-state index contributed by atoms with van der Waals surface area (Å²) in [5, 5.41) is 20.3. The van der Waals surface area contributed by atoms with Crippen molar-refractivity contribution in [2.24, 2.45) is 0 Å². The Labute approximate surface area is 122 Å². The molecule has 0 aliphatic carbocycles. The lowest BCUT2D eigenvalue weighted by Crippen LogP contribution is -2.47. The SMILES string of the molecule is CN1CCCC(N(C)C(=O)c2ccc([N+](=O)[O-])c(O)c2)C1. The van der Waals surface area contributed by atoms with Crippen molar-refractivity contribution < 1.29 is 14.8 Å². The molecule has 0 spiro atoms. The highest BCUT2D eigenvalue weighted by molar-refractivity contribution is 5.95. The van der Waals surface area contributed by atoms with E-state index >= 15 is 0 Å². The van der Waals surface area contributed by atoms with Gasteiger partial charge in [0.05, 0.1) is 4.92 Å². The average Bonchev–Trinajstić information content (AvgIpc) is 2.45. The summed E-state index contributed by atoms with van der Waals surface area (Å²) in [6.07, 6.45) is 1.97. The van der Waals surface area contributed by atoms with Gasteiger partial charge in [-0.3, -0.25) is 14.9 Å². The van der Waals surface area contributed by atoms with Crippen LogP contribution in [-0.4, -0.2) is 59.0 Å². The van der Waals surface area contributed by atoms with Crippen LogP contribution in [0.4, 0.5) is 5.69 Å². The Bertz CT molecular complexity index is 561. The molecule has 1 aliphatic rings. The van der Waals surface area contributed by atoms with Gasteiger partial charge in [0.15, 0.2) is 5.75 Å². The van der Waals surface area contributed by atoms with E-state index in [1.807, 2.05) is 7.05 Å². The molecule has 1 unspecified atom stereocenters. The largest absolute Gasteiger partial charge is 0.502 e. The molecule has 2 rings (SSSR count). The van der Waals surface area contributed by atoms with Crippen molar-refractivity contribution in [3.8, 4) is 5.75 Å². The zero-order valence-electron chi connectivity index (χ0n) is 12.2. The van der Waals surface area contributed by atoms with Crippen LogP contribution in [0.2, 0.25) is 0 Å². The Kier molecular flexibility index (Phi) is 4.42. The van der Waals surface area contributed by atoms with Crippen molar-refractivity contribution in [1.29, 1.82) is 0 Å². The maximum absolute atomic E-state index is 12.4. The maximum atomic E-state index is 12.4. The van der Waals surface area contributed by atoms with Gasteiger partial charge < -0.3 is 14.9 Å². The fourth-order valence-corrected chi connectivity index (χ4v) is 2.64. The molecular weight excluding hydrogens is 274 g/mol. The molecule has 1 aromatic carbocycles. The molecule has 1 aromatic rings. The molecule has 0 radical (unpaired) electrons. The number of likely N-dealkylation sites (N-methyl/N-ethyl adjacent to an activating group) is 2. The number of likely N-dealkylation sites (tertiary alicyclic amines) is 1. The number of rotatable bonds is 3. The molecule has 1 atom stereocenters. The quantitative estimate of drug-likeness (QED) is 0.673. The lowest BCUT2D eigenvalue weighted by Gasteiger charge is -2.35. The fraction of sp³-hybridized carbons (Fsp3) is 0.500. The Hall–Kier alpha value is -2.15. The van der Waals surface area contributed by atoms with Crippen LogP contribution in [-0.2, 0) is 0 Å². The van der Waals surface area contributed by atoms with Gasteiger partial charge in [-0.15, -0.1) is 0 Å². The maximum Gasteiger partial charge on any atom is 0.310 e. The molecule has 0 aromatic heterocycles. The van der Waals surface area contributed by atoms with Gasteiger partial charge in [0.1, 0.15) is 0 Å². The van der Waals surface area contributed by atoms with Crippen LogP contribution in [0.1, 0.15) is 23.2 Å². The molecule has 114 valence electrons. The van der Waals surface area contributed by atoms with Crippen molar-refractivity contribution in [3.63, 3.8) is 0 Å². The molecule has 7 nitrogen and oxygen atoms in total. The Balaban J connectivity index is 2.15. The number of carbonyl (C=O) groups is 1. The van der Waals surface area contributed by atoms with Crippen molar-refractivity contribution in [1.82, 2.24) is 9.80 Å². The second-order valence-corrected chi connectivity index (χ2v) is 5.43. The first kappa shape index (κ1) is 15.2. The fourth-order valence-electron chi connectivity index (χ4n) is 2.64. The van der Waals surface area contributed by atoms with E-state index in [1.165, 1.54) is 6.07 Å². The van der Waals surface area contributed by atoms with E-state index in [0.717, 1.165) is 38.1 Å². The summed E-state index contributed by atoms with van der Waals surface area (Å²) in [6, 6.07) is 3.81. The summed E-state index contributed by atoms with van der Waals surface area (Å²) in [5.74, 6) is -0.722. The first-order chi connectivity index (χ1) is 9.90. The second-order valence-electron chi connectivity index (χ2n) is 5.43. The van der Waals surface area contributed by atoms with Crippen LogP contribution in [0.15, 0.2) is 18.2 Å². The van der Waals surface area contributed by atoms with Crippen LogP contribution in [0.5, 0.6) is 5.75 Å². The van der Waals surface area contributed by atoms with E-state index in [9.17, 15) is 20.0 Å². The third-order valence-electron chi connectivity index (χ3n) is 3.89. The van der Waals surface area contributed by atoms with Gasteiger partial charge in [-0.1, -0.05) is 0 Å². The van der Waals surface area contributed by atoms with Crippen molar-refractivity contribution in [2.45, 2.75) is 18.9 Å². The van der Waals surface area contributed by atoms with Crippen molar-refractivity contribution >= 4 is 11.6 Å². The first-order valence-corrected chi connectivity index (χ1v) is 6.83. The summed E-state index contributed by atoms with van der Waals surface area (Å²) in [5.41, 5.74) is -0.138. The summed E-state index contributed by atoms with van der Waals surface area (Å²) < 4.78 is 0. The minimum Gasteiger partial charge on any atom is -0.502 e. The van der Waals surface area contributed by atoms with Crippen LogP contribution >= 0.6 is 0 Å². The number of hydrogen-bond acceptors (Lipinski definition) is 5. The molecule has 1 fully saturated rings. The number of benzene rings is 1. The van der Waals surface area contributed by atoms with Crippen LogP contribution in [0.25, 0.3) is 0 Å². The number of nitro benzene ring substituents is 1. The van der Waals surface area contributed by atoms with Gasteiger partial charge in [0.25, 0.3) is 5.91 Å². The molecule has 1 N–H and O–H groups in total. The predicted molar refractivity (Wildman–Crippen MR) is 77.4 cm³/mol. The van der Waals surface area contributed by atoms with E-state index in [1.54, 1.807) is 11.9 Å². The highest BCUT2D eigenvalue weighted by Crippen LogP contribution is 2.27. The lowest BCUT2D eigenvalue weighted by molar-refractivity contribution is -0.385.